The Balaban J connectivity index is 1.33. The summed E-state index contributed by atoms with van der Waals surface area (Å²) in [6, 6.07) is 10.6. The highest BCUT2D eigenvalue weighted by atomic mass is 19.4. The van der Waals surface area contributed by atoms with Crippen LogP contribution in [0.4, 0.5) is 17.6 Å². The third-order valence-electron chi connectivity index (χ3n) is 9.08. The van der Waals surface area contributed by atoms with E-state index >= 15 is 0 Å². The van der Waals surface area contributed by atoms with Gasteiger partial charge in [-0.2, -0.15) is 18.3 Å². The van der Waals surface area contributed by atoms with Crippen LogP contribution in [0.5, 0.6) is 5.75 Å². The third-order valence-corrected chi connectivity index (χ3v) is 9.08. The Morgan fingerprint density at radius 3 is 2.61 bits per heavy atom. The van der Waals surface area contributed by atoms with Gasteiger partial charge >= 0.3 is 6.18 Å². The van der Waals surface area contributed by atoms with Gasteiger partial charge in [-0.3, -0.25) is 4.79 Å². The molecule has 5 nitrogen and oxygen atoms in total. The number of hydrogen-bond acceptors (Lipinski definition) is 3. The maximum Gasteiger partial charge on any atom is 0.394 e. The number of carbonyl (C=O) groups is 1. The molecule has 1 heterocycles. The first-order chi connectivity index (χ1) is 19.5. The van der Waals surface area contributed by atoms with Crippen LogP contribution in [0.2, 0.25) is 0 Å². The first-order valence-electron chi connectivity index (χ1n) is 13.8. The second kappa shape index (κ2) is 9.89. The van der Waals surface area contributed by atoms with Crippen LogP contribution < -0.4 is 10.1 Å². The number of amides is 1. The van der Waals surface area contributed by atoms with Crippen molar-refractivity contribution in [2.24, 2.45) is 17.3 Å². The summed E-state index contributed by atoms with van der Waals surface area (Å²) in [5, 5.41) is 7.32. The summed E-state index contributed by atoms with van der Waals surface area (Å²) in [6.45, 7) is 4.12. The number of rotatable bonds is 4. The van der Waals surface area contributed by atoms with Gasteiger partial charge in [-0.25, -0.2) is 9.07 Å². The van der Waals surface area contributed by atoms with Crippen molar-refractivity contribution >= 4 is 12.0 Å². The fourth-order valence-electron chi connectivity index (χ4n) is 6.91. The summed E-state index contributed by atoms with van der Waals surface area (Å²) >= 11 is 0. The minimum atomic E-state index is -4.50. The maximum absolute atomic E-state index is 14.3. The predicted octanol–water partition coefficient (Wildman–Crippen LogP) is 6.99. The van der Waals surface area contributed by atoms with Crippen molar-refractivity contribution in [1.29, 1.82) is 0 Å². The standard InChI is InChI=1S/C32H31F4N3O2/c1-18-4-8-22(9-5-18)39-27-15-21-7-10-23-24(31(21,2)16-20(27)17-37-39)11-12-25(32(34,35)36)29(23)38-30(40)19-6-13-28(41-3)26(33)14-19/h4-6,8-9,11,13-15,17,23,25,29H,7,10,12,16H2,1-3H3,(H,38,40)/t23-,25+,29+,31-/m0/s1. The van der Waals surface area contributed by atoms with Gasteiger partial charge in [0.2, 0.25) is 0 Å². The number of halogens is 4. The van der Waals surface area contributed by atoms with Crippen LogP contribution in [-0.4, -0.2) is 35.0 Å². The van der Waals surface area contributed by atoms with Gasteiger partial charge in [-0.1, -0.05) is 41.8 Å². The molecule has 41 heavy (non-hydrogen) atoms. The number of allylic oxidation sites excluding steroid dienone is 2. The van der Waals surface area contributed by atoms with E-state index in [2.05, 4.69) is 23.4 Å². The SMILES string of the molecule is COc1ccc(C(=O)N[C@H]2[C@H](C(F)(F)F)CC=C3[C@@H]2CCC2=Cc4c(cnn4-c4ccc(C)cc4)C[C@@]23C)cc1F. The van der Waals surface area contributed by atoms with Crippen molar-refractivity contribution in [3.63, 3.8) is 0 Å². The summed E-state index contributed by atoms with van der Waals surface area (Å²) in [5.41, 5.74) is 5.69. The molecule has 3 aliphatic rings. The largest absolute Gasteiger partial charge is 0.494 e. The van der Waals surface area contributed by atoms with Crippen molar-refractivity contribution in [1.82, 2.24) is 15.1 Å². The maximum atomic E-state index is 14.3. The van der Waals surface area contributed by atoms with Gasteiger partial charge in [-0.05, 0) is 74.6 Å². The molecule has 1 N–H and O–H groups in total. The highest BCUT2D eigenvalue weighted by Crippen LogP contribution is 2.57. The molecule has 4 atom stereocenters. The number of ether oxygens (including phenoxy) is 1. The van der Waals surface area contributed by atoms with Gasteiger partial charge in [-0.15, -0.1) is 0 Å². The fourth-order valence-corrected chi connectivity index (χ4v) is 6.91. The van der Waals surface area contributed by atoms with Gasteiger partial charge in [0.1, 0.15) is 0 Å². The molecule has 2 aromatic carbocycles. The molecular weight excluding hydrogens is 534 g/mol. The van der Waals surface area contributed by atoms with Gasteiger partial charge in [0.15, 0.2) is 11.6 Å². The summed E-state index contributed by atoms with van der Waals surface area (Å²) in [5.74, 6) is -3.76. The number of aromatic nitrogens is 2. The normalized spacial score (nSPS) is 25.3. The lowest BCUT2D eigenvalue weighted by Gasteiger charge is -2.51. The van der Waals surface area contributed by atoms with E-state index in [0.29, 0.717) is 19.3 Å². The van der Waals surface area contributed by atoms with Crippen LogP contribution in [-0.2, 0) is 6.42 Å². The molecule has 1 fully saturated rings. The Labute approximate surface area is 235 Å². The lowest BCUT2D eigenvalue weighted by molar-refractivity contribution is -0.186. The minimum Gasteiger partial charge on any atom is -0.494 e. The van der Waals surface area contributed by atoms with Gasteiger partial charge in [0.25, 0.3) is 5.91 Å². The molecule has 0 bridgehead atoms. The smallest absolute Gasteiger partial charge is 0.394 e. The number of hydrogen-bond donors (Lipinski definition) is 1. The Kier molecular flexibility index (Phi) is 6.58. The first kappa shape index (κ1) is 27.3. The molecule has 9 heteroatoms. The quantitative estimate of drug-likeness (QED) is 0.274. The number of benzene rings is 2. The third kappa shape index (κ3) is 4.65. The van der Waals surface area contributed by atoms with Crippen LogP contribution in [0, 0.1) is 30.0 Å². The Hall–Kier alpha value is -3.88. The lowest BCUT2D eigenvalue weighted by atomic mass is 9.55. The molecule has 0 spiro atoms. The number of fused-ring (bicyclic) bond motifs is 4. The summed E-state index contributed by atoms with van der Waals surface area (Å²) in [7, 11) is 1.30. The van der Waals surface area contributed by atoms with Crippen molar-refractivity contribution in [2.45, 2.75) is 51.7 Å². The van der Waals surface area contributed by atoms with Crippen LogP contribution >= 0.6 is 0 Å². The van der Waals surface area contributed by atoms with Gasteiger partial charge in [0, 0.05) is 22.9 Å². The van der Waals surface area contributed by atoms with Crippen molar-refractivity contribution in [2.75, 3.05) is 7.11 Å². The van der Waals surface area contributed by atoms with E-state index in [1.165, 1.54) is 19.2 Å². The zero-order valence-electron chi connectivity index (χ0n) is 23.1. The lowest BCUT2D eigenvalue weighted by Crippen LogP contribution is -2.55. The van der Waals surface area contributed by atoms with Crippen LogP contribution in [0.3, 0.4) is 0 Å². The second-order valence-corrected chi connectivity index (χ2v) is 11.5. The zero-order chi connectivity index (χ0) is 29.1. The number of aryl methyl sites for hydroxylation is 1. The van der Waals surface area contributed by atoms with Crippen LogP contribution in [0.25, 0.3) is 11.8 Å². The Morgan fingerprint density at radius 1 is 1.17 bits per heavy atom. The first-order valence-corrected chi connectivity index (χ1v) is 13.8. The molecule has 1 amide bonds. The molecular formula is C32H31F4N3O2. The zero-order valence-corrected chi connectivity index (χ0v) is 23.1. The summed E-state index contributed by atoms with van der Waals surface area (Å²) < 4.78 is 64.0. The van der Waals surface area contributed by atoms with E-state index in [-0.39, 0.29) is 17.7 Å². The summed E-state index contributed by atoms with van der Waals surface area (Å²) in [6.07, 6.45) is 2.70. The van der Waals surface area contributed by atoms with Crippen LogP contribution in [0.1, 0.15) is 53.4 Å². The summed E-state index contributed by atoms with van der Waals surface area (Å²) in [4.78, 5) is 13.2. The molecule has 1 aromatic heterocycles. The minimum absolute atomic E-state index is 0.0421. The van der Waals surface area contributed by atoms with E-state index in [1.807, 2.05) is 42.1 Å². The van der Waals surface area contributed by atoms with E-state index in [9.17, 15) is 22.4 Å². The van der Waals surface area contributed by atoms with E-state index < -0.39 is 41.2 Å². The number of nitrogens with one attached hydrogen (secondary N) is 1. The topological polar surface area (TPSA) is 56.1 Å². The van der Waals surface area contributed by atoms with E-state index in [4.69, 9.17) is 4.74 Å². The number of alkyl halides is 3. The predicted molar refractivity (Wildman–Crippen MR) is 147 cm³/mol. The van der Waals surface area contributed by atoms with Gasteiger partial charge < -0.3 is 10.1 Å². The second-order valence-electron chi connectivity index (χ2n) is 11.5. The molecule has 0 aliphatic heterocycles. The average molecular weight is 566 g/mol. The van der Waals surface area contributed by atoms with Gasteiger partial charge in [0.05, 0.1) is 30.6 Å². The molecule has 214 valence electrons. The molecule has 1 saturated carbocycles. The molecule has 0 radical (unpaired) electrons. The van der Waals surface area contributed by atoms with Crippen molar-refractivity contribution < 1.29 is 27.1 Å². The van der Waals surface area contributed by atoms with Crippen LogP contribution in [0.15, 0.2) is 65.9 Å². The molecule has 3 aromatic rings. The Bertz CT molecular complexity index is 1570. The number of carbonyl (C=O) groups excluding carboxylic acids is 1. The highest BCUT2D eigenvalue weighted by Gasteiger charge is 2.54. The molecule has 3 aliphatic carbocycles. The van der Waals surface area contributed by atoms with Crippen molar-refractivity contribution in [3.05, 3.63) is 94.1 Å². The number of methoxy groups -OCH3 is 1. The average Bonchev–Trinajstić information content (AvgIpc) is 3.33. The fraction of sp³-hybridized carbons (Fsp3) is 0.375. The van der Waals surface area contributed by atoms with E-state index in [0.717, 1.165) is 39.7 Å². The van der Waals surface area contributed by atoms with E-state index in [1.54, 1.807) is 6.08 Å². The molecule has 0 unspecified atom stereocenters. The van der Waals surface area contributed by atoms with Crippen molar-refractivity contribution in [3.8, 4) is 11.4 Å². The highest BCUT2D eigenvalue weighted by molar-refractivity contribution is 5.94. The number of nitrogens with zero attached hydrogens (tertiary/aromatic N) is 2. The molecule has 6 rings (SSSR count). The monoisotopic (exact) mass is 565 g/mol. The molecule has 0 saturated heterocycles. The Morgan fingerprint density at radius 2 is 1.93 bits per heavy atom.